The first kappa shape index (κ1) is 22.0. The predicted octanol–water partition coefficient (Wildman–Crippen LogP) is 3.06. The summed E-state index contributed by atoms with van der Waals surface area (Å²) in [5.74, 6) is 1.70. The second-order valence-electron chi connectivity index (χ2n) is 8.40. The smallest absolute Gasteiger partial charge is 0.252 e. The maximum atomic E-state index is 13.4. The molecule has 180 valence electrons. The molecule has 4 aromatic heterocycles. The number of hydrogen-bond acceptors (Lipinski definition) is 8. The largest absolute Gasteiger partial charge is 0.497 e. The lowest BCUT2D eigenvalue weighted by atomic mass is 10.0. The first-order chi connectivity index (χ1) is 17.5. The Hall–Kier alpha value is -4.51. The number of aromatic amines is 1. The first-order valence-electron chi connectivity index (χ1n) is 11.2. The number of tetrazole rings is 1. The van der Waals surface area contributed by atoms with E-state index in [2.05, 4.69) is 30.5 Å². The van der Waals surface area contributed by atoms with E-state index in [0.717, 1.165) is 28.1 Å². The number of anilines is 1. The molecule has 0 aliphatic carbocycles. The number of hydrogen-bond donors (Lipinski definition) is 2. The molecule has 1 aromatic carbocycles. The van der Waals surface area contributed by atoms with Crippen LogP contribution in [0.2, 0.25) is 5.15 Å². The average molecular weight is 502 g/mol. The second kappa shape index (κ2) is 8.61. The Labute approximate surface area is 209 Å². The highest BCUT2D eigenvalue weighted by molar-refractivity contribution is 6.31. The molecule has 0 saturated carbocycles. The first-order valence-corrected chi connectivity index (χ1v) is 11.5. The van der Waals surface area contributed by atoms with E-state index in [-0.39, 0.29) is 11.6 Å². The standard InChI is InChI=1S/C24H20ClN9O2/c1-36-16-4-6-18(33-12-28-31-32-33)17(10-16)14-8-15-3-5-19(34(15)21(35)9-14)24-29-22(23(25)30-24)13-2-7-20(26)27-11-13/h2,4,6-12,19H,3,5H2,1H3,(H2,26,27)(H,29,30)/t19-/m0/s1. The van der Waals surface area contributed by atoms with Gasteiger partial charge in [0.2, 0.25) is 0 Å². The molecule has 1 aliphatic heterocycles. The van der Waals surface area contributed by atoms with Gasteiger partial charge in [-0.2, -0.15) is 4.68 Å². The molecule has 0 fully saturated rings. The molecule has 6 rings (SSSR count). The molecule has 0 bridgehead atoms. The van der Waals surface area contributed by atoms with Crippen LogP contribution >= 0.6 is 11.6 Å². The van der Waals surface area contributed by atoms with E-state index in [4.69, 9.17) is 22.1 Å². The molecule has 0 saturated heterocycles. The SMILES string of the molecule is COc1ccc(-n2cnnn2)c(-c2cc3n(c(=O)c2)[C@H](c2nc(Cl)c(-c4ccc(N)nc4)[nH]2)CC3)c1. The number of ether oxygens (including phenoxy) is 1. The molecular weight excluding hydrogens is 482 g/mol. The van der Waals surface area contributed by atoms with E-state index in [1.54, 1.807) is 34.7 Å². The molecule has 0 spiro atoms. The number of nitrogens with two attached hydrogens (primary N) is 1. The van der Waals surface area contributed by atoms with Gasteiger partial charge in [0, 0.05) is 29.1 Å². The van der Waals surface area contributed by atoms with Gasteiger partial charge in [0.1, 0.15) is 23.7 Å². The normalized spacial score (nSPS) is 14.7. The van der Waals surface area contributed by atoms with E-state index < -0.39 is 0 Å². The van der Waals surface area contributed by atoms with Gasteiger partial charge in [0.25, 0.3) is 5.56 Å². The molecule has 0 unspecified atom stereocenters. The number of nitrogens with one attached hydrogen (secondary N) is 1. The van der Waals surface area contributed by atoms with Crippen LogP contribution in [0.1, 0.15) is 24.0 Å². The van der Waals surface area contributed by atoms with E-state index in [1.165, 1.54) is 6.33 Å². The summed E-state index contributed by atoms with van der Waals surface area (Å²) in [7, 11) is 1.60. The Kier molecular flexibility index (Phi) is 5.26. The van der Waals surface area contributed by atoms with Gasteiger partial charge in [-0.1, -0.05) is 11.6 Å². The maximum absolute atomic E-state index is 13.4. The van der Waals surface area contributed by atoms with E-state index in [0.29, 0.717) is 41.1 Å². The fraction of sp³-hybridized carbons (Fsp3) is 0.167. The van der Waals surface area contributed by atoms with Gasteiger partial charge >= 0.3 is 0 Å². The van der Waals surface area contributed by atoms with Crippen LogP contribution in [0.25, 0.3) is 28.1 Å². The lowest BCUT2D eigenvalue weighted by Gasteiger charge is -2.15. The van der Waals surface area contributed by atoms with Crippen LogP contribution in [0.15, 0.2) is 59.8 Å². The highest BCUT2D eigenvalue weighted by Gasteiger charge is 2.29. The topological polar surface area (TPSA) is 142 Å². The summed E-state index contributed by atoms with van der Waals surface area (Å²) in [6, 6.07) is 12.4. The Balaban J connectivity index is 1.41. The molecule has 1 atom stereocenters. The minimum Gasteiger partial charge on any atom is -0.497 e. The zero-order valence-corrected chi connectivity index (χ0v) is 19.8. The van der Waals surface area contributed by atoms with Crippen molar-refractivity contribution in [3.63, 3.8) is 0 Å². The lowest BCUT2D eigenvalue weighted by Crippen LogP contribution is -2.24. The summed E-state index contributed by atoms with van der Waals surface area (Å²) >= 11 is 6.45. The number of halogens is 1. The van der Waals surface area contributed by atoms with Crippen LogP contribution in [0.4, 0.5) is 5.82 Å². The van der Waals surface area contributed by atoms with Crippen LogP contribution in [0.3, 0.4) is 0 Å². The highest BCUT2D eigenvalue weighted by Crippen LogP contribution is 2.36. The summed E-state index contributed by atoms with van der Waals surface area (Å²) in [5.41, 5.74) is 10.1. The summed E-state index contributed by atoms with van der Waals surface area (Å²) in [6.07, 6.45) is 4.56. The van der Waals surface area contributed by atoms with Gasteiger partial charge in [-0.05, 0) is 65.2 Å². The van der Waals surface area contributed by atoms with Crippen LogP contribution in [-0.4, -0.2) is 46.8 Å². The van der Waals surface area contributed by atoms with Gasteiger partial charge < -0.3 is 20.0 Å². The Morgan fingerprint density at radius 2 is 2.06 bits per heavy atom. The Bertz CT molecular complexity index is 1620. The van der Waals surface area contributed by atoms with Crippen molar-refractivity contribution < 1.29 is 4.74 Å². The number of nitrogens with zero attached hydrogens (tertiary/aromatic N) is 7. The lowest BCUT2D eigenvalue weighted by molar-refractivity contribution is 0.415. The summed E-state index contributed by atoms with van der Waals surface area (Å²) in [4.78, 5) is 25.4. The van der Waals surface area contributed by atoms with Crippen LogP contribution in [0.5, 0.6) is 5.75 Å². The molecule has 3 N–H and O–H groups in total. The zero-order valence-electron chi connectivity index (χ0n) is 19.1. The summed E-state index contributed by atoms with van der Waals surface area (Å²) in [5, 5.41) is 11.8. The quantitative estimate of drug-likeness (QED) is 0.374. The number of H-pyrrole nitrogens is 1. The number of rotatable bonds is 5. The predicted molar refractivity (Wildman–Crippen MR) is 133 cm³/mol. The minimum atomic E-state index is -0.265. The molecule has 12 heteroatoms. The van der Waals surface area contributed by atoms with Crippen molar-refractivity contribution in [3.8, 4) is 33.8 Å². The van der Waals surface area contributed by atoms with Gasteiger partial charge in [0.15, 0.2) is 5.15 Å². The van der Waals surface area contributed by atoms with Gasteiger partial charge in [-0.15, -0.1) is 5.10 Å². The molecule has 1 aliphatic rings. The van der Waals surface area contributed by atoms with E-state index in [1.807, 2.05) is 30.3 Å². The third-order valence-corrected chi connectivity index (χ3v) is 6.59. The highest BCUT2D eigenvalue weighted by atomic mass is 35.5. The third-order valence-electron chi connectivity index (χ3n) is 6.31. The fourth-order valence-electron chi connectivity index (χ4n) is 4.63. The van der Waals surface area contributed by atoms with Crippen molar-refractivity contribution in [1.29, 1.82) is 0 Å². The Morgan fingerprint density at radius 3 is 2.81 bits per heavy atom. The van der Waals surface area contributed by atoms with Gasteiger partial charge in [-0.3, -0.25) is 4.79 Å². The summed E-state index contributed by atoms with van der Waals surface area (Å²) < 4.78 is 8.74. The number of nitrogen functional groups attached to an aromatic ring is 1. The molecule has 0 radical (unpaired) electrons. The van der Waals surface area contributed by atoms with Crippen molar-refractivity contribution >= 4 is 17.4 Å². The van der Waals surface area contributed by atoms with Crippen molar-refractivity contribution in [2.45, 2.75) is 18.9 Å². The number of fused-ring (bicyclic) bond motifs is 1. The number of aromatic nitrogens is 8. The van der Waals surface area contributed by atoms with E-state index >= 15 is 0 Å². The van der Waals surface area contributed by atoms with Crippen molar-refractivity contribution in [1.82, 2.24) is 39.7 Å². The van der Waals surface area contributed by atoms with Gasteiger partial charge in [0.05, 0.1) is 24.5 Å². The maximum Gasteiger partial charge on any atom is 0.252 e. The minimum absolute atomic E-state index is 0.140. The molecule has 5 aromatic rings. The number of aryl methyl sites for hydroxylation is 1. The molecular formula is C24H20ClN9O2. The molecule has 0 amide bonds. The molecule has 11 nitrogen and oxygen atoms in total. The van der Waals surface area contributed by atoms with E-state index in [9.17, 15) is 4.79 Å². The van der Waals surface area contributed by atoms with Gasteiger partial charge in [-0.25, -0.2) is 9.97 Å². The van der Waals surface area contributed by atoms with Crippen molar-refractivity contribution in [2.24, 2.45) is 0 Å². The monoisotopic (exact) mass is 501 g/mol. The Morgan fingerprint density at radius 1 is 1.17 bits per heavy atom. The molecule has 5 heterocycles. The number of benzene rings is 1. The summed E-state index contributed by atoms with van der Waals surface area (Å²) in [6.45, 7) is 0. The van der Waals surface area contributed by atoms with Crippen LogP contribution in [0, 0.1) is 0 Å². The second-order valence-corrected chi connectivity index (χ2v) is 8.75. The molecule has 36 heavy (non-hydrogen) atoms. The van der Waals surface area contributed by atoms with Crippen molar-refractivity contribution in [3.05, 3.63) is 82.0 Å². The third kappa shape index (κ3) is 3.69. The van der Waals surface area contributed by atoms with Crippen LogP contribution in [-0.2, 0) is 6.42 Å². The number of imidazole rings is 1. The van der Waals surface area contributed by atoms with Crippen molar-refractivity contribution in [2.75, 3.05) is 12.8 Å². The number of pyridine rings is 2. The van der Waals surface area contributed by atoms with Crippen LogP contribution < -0.4 is 16.0 Å². The zero-order chi connectivity index (χ0) is 24.8. The fourth-order valence-corrected chi connectivity index (χ4v) is 4.87. The number of methoxy groups -OCH3 is 1. The average Bonchev–Trinajstić information content (AvgIpc) is 3.64.